The zero-order valence-corrected chi connectivity index (χ0v) is 16.3. The Labute approximate surface area is 156 Å². The van der Waals surface area contributed by atoms with Crippen molar-refractivity contribution in [2.75, 3.05) is 26.2 Å². The van der Waals surface area contributed by atoms with E-state index in [0.29, 0.717) is 26.1 Å². The van der Waals surface area contributed by atoms with Gasteiger partial charge in [-0.2, -0.15) is 0 Å². The van der Waals surface area contributed by atoms with Crippen molar-refractivity contribution in [3.63, 3.8) is 0 Å². The number of amides is 3. The average molecular weight is 357 g/mol. The van der Waals surface area contributed by atoms with Crippen LogP contribution >= 0.6 is 0 Å². The van der Waals surface area contributed by atoms with Gasteiger partial charge in [0.25, 0.3) is 0 Å². The molecule has 3 amide bonds. The van der Waals surface area contributed by atoms with E-state index < -0.39 is 0 Å². The van der Waals surface area contributed by atoms with Crippen LogP contribution in [0, 0.1) is 0 Å². The molecule has 3 rings (SSSR count). The van der Waals surface area contributed by atoms with Crippen molar-refractivity contribution >= 4 is 11.9 Å². The van der Waals surface area contributed by atoms with Gasteiger partial charge in [0.15, 0.2) is 0 Å². The molecule has 1 aliphatic heterocycles. The summed E-state index contributed by atoms with van der Waals surface area (Å²) < 4.78 is 0. The second-order valence-electron chi connectivity index (χ2n) is 8.53. The molecule has 0 unspecified atom stereocenters. The van der Waals surface area contributed by atoms with Gasteiger partial charge >= 0.3 is 6.03 Å². The Kier molecular flexibility index (Phi) is 5.54. The summed E-state index contributed by atoms with van der Waals surface area (Å²) in [6.45, 7) is 8.58. The molecule has 1 saturated heterocycles. The van der Waals surface area contributed by atoms with E-state index in [2.05, 4.69) is 23.5 Å². The molecule has 1 aromatic rings. The minimum absolute atomic E-state index is 0.0366. The molecule has 0 bridgehead atoms. The standard InChI is InChI=1S/C21H31N3O2/c1-21(2,3)22-20(26)24-11-5-10-23(12-13-24)19(25)15-16-8-9-17-6-4-7-18(17)14-16/h8-9,14H,4-7,10-13,15H2,1-3H3,(H,22,26). The smallest absolute Gasteiger partial charge is 0.317 e. The molecular formula is C21H31N3O2. The lowest BCUT2D eigenvalue weighted by Crippen LogP contribution is -2.49. The summed E-state index contributed by atoms with van der Waals surface area (Å²) in [5.74, 6) is 0.168. The minimum Gasteiger partial charge on any atom is -0.341 e. The summed E-state index contributed by atoms with van der Waals surface area (Å²) in [5, 5.41) is 3.01. The van der Waals surface area contributed by atoms with Gasteiger partial charge in [0, 0.05) is 31.7 Å². The number of aryl methyl sites for hydroxylation is 2. The van der Waals surface area contributed by atoms with Crippen LogP contribution in [-0.2, 0) is 24.1 Å². The molecule has 0 radical (unpaired) electrons. The first-order valence-electron chi connectivity index (χ1n) is 9.77. The van der Waals surface area contributed by atoms with Crippen LogP contribution in [0.25, 0.3) is 0 Å². The highest BCUT2D eigenvalue weighted by Gasteiger charge is 2.24. The number of carbonyl (C=O) groups is 2. The lowest BCUT2D eigenvalue weighted by atomic mass is 10.0. The Morgan fingerprint density at radius 3 is 2.42 bits per heavy atom. The maximum atomic E-state index is 12.7. The zero-order valence-electron chi connectivity index (χ0n) is 16.3. The zero-order chi connectivity index (χ0) is 18.7. The number of nitrogens with one attached hydrogen (secondary N) is 1. The molecule has 0 aromatic heterocycles. The third-order valence-electron chi connectivity index (χ3n) is 5.14. The Morgan fingerprint density at radius 1 is 0.962 bits per heavy atom. The molecule has 1 aromatic carbocycles. The van der Waals surface area contributed by atoms with Crippen LogP contribution in [0.2, 0.25) is 0 Å². The topological polar surface area (TPSA) is 52.7 Å². The Bertz CT molecular complexity index is 678. The first-order valence-corrected chi connectivity index (χ1v) is 9.77. The molecule has 0 saturated carbocycles. The lowest BCUT2D eigenvalue weighted by Gasteiger charge is -2.27. The molecule has 0 atom stereocenters. The molecule has 1 aliphatic carbocycles. The van der Waals surface area contributed by atoms with Gasteiger partial charge in [-0.25, -0.2) is 4.79 Å². The normalized spacial score (nSPS) is 17.7. The molecule has 1 heterocycles. The number of rotatable bonds is 2. The quantitative estimate of drug-likeness (QED) is 0.885. The van der Waals surface area contributed by atoms with Gasteiger partial charge in [-0.15, -0.1) is 0 Å². The Hall–Kier alpha value is -2.04. The van der Waals surface area contributed by atoms with E-state index in [9.17, 15) is 9.59 Å². The largest absolute Gasteiger partial charge is 0.341 e. The maximum Gasteiger partial charge on any atom is 0.317 e. The molecular weight excluding hydrogens is 326 g/mol. The third-order valence-corrected chi connectivity index (χ3v) is 5.14. The highest BCUT2D eigenvalue weighted by Crippen LogP contribution is 2.23. The number of hydrogen-bond donors (Lipinski definition) is 1. The summed E-state index contributed by atoms with van der Waals surface area (Å²) in [4.78, 5) is 28.8. The van der Waals surface area contributed by atoms with Crippen molar-refractivity contribution in [1.29, 1.82) is 0 Å². The number of hydrogen-bond acceptors (Lipinski definition) is 2. The van der Waals surface area contributed by atoms with E-state index in [1.165, 1.54) is 24.0 Å². The van der Waals surface area contributed by atoms with Crippen molar-refractivity contribution in [1.82, 2.24) is 15.1 Å². The number of nitrogens with zero attached hydrogens (tertiary/aromatic N) is 2. The van der Waals surface area contributed by atoms with E-state index in [0.717, 1.165) is 24.9 Å². The van der Waals surface area contributed by atoms with Crippen LogP contribution in [0.5, 0.6) is 0 Å². The summed E-state index contributed by atoms with van der Waals surface area (Å²) >= 11 is 0. The molecule has 5 heteroatoms. The van der Waals surface area contributed by atoms with Crippen molar-refractivity contribution < 1.29 is 9.59 Å². The number of benzene rings is 1. The molecule has 1 N–H and O–H groups in total. The molecule has 0 spiro atoms. The fourth-order valence-corrected chi connectivity index (χ4v) is 3.79. The molecule has 2 aliphatic rings. The number of urea groups is 1. The maximum absolute atomic E-state index is 12.7. The van der Waals surface area contributed by atoms with Crippen LogP contribution in [0.3, 0.4) is 0 Å². The van der Waals surface area contributed by atoms with Gasteiger partial charge in [0.05, 0.1) is 6.42 Å². The van der Waals surface area contributed by atoms with Gasteiger partial charge < -0.3 is 15.1 Å². The molecule has 5 nitrogen and oxygen atoms in total. The average Bonchev–Trinajstić information content (AvgIpc) is 2.87. The van der Waals surface area contributed by atoms with Crippen LogP contribution in [-0.4, -0.2) is 53.5 Å². The number of fused-ring (bicyclic) bond motifs is 1. The second kappa shape index (κ2) is 7.68. The van der Waals surface area contributed by atoms with Gasteiger partial charge in [0.2, 0.25) is 5.91 Å². The van der Waals surface area contributed by atoms with Crippen LogP contribution < -0.4 is 5.32 Å². The highest BCUT2D eigenvalue weighted by atomic mass is 16.2. The highest BCUT2D eigenvalue weighted by molar-refractivity contribution is 5.79. The first kappa shape index (κ1) is 18.7. The van der Waals surface area contributed by atoms with Gasteiger partial charge in [-0.05, 0) is 63.1 Å². The monoisotopic (exact) mass is 357 g/mol. The summed E-state index contributed by atoms with van der Waals surface area (Å²) in [7, 11) is 0. The second-order valence-corrected chi connectivity index (χ2v) is 8.53. The van der Waals surface area contributed by atoms with E-state index >= 15 is 0 Å². The molecule has 1 fully saturated rings. The fourth-order valence-electron chi connectivity index (χ4n) is 3.79. The van der Waals surface area contributed by atoms with E-state index in [4.69, 9.17) is 0 Å². The number of carbonyl (C=O) groups excluding carboxylic acids is 2. The fraction of sp³-hybridized carbons (Fsp3) is 0.619. The predicted molar refractivity (Wildman–Crippen MR) is 103 cm³/mol. The van der Waals surface area contributed by atoms with Crippen molar-refractivity contribution in [3.8, 4) is 0 Å². The van der Waals surface area contributed by atoms with Crippen LogP contribution in [0.1, 0.15) is 50.3 Å². The van der Waals surface area contributed by atoms with Gasteiger partial charge in [-0.3, -0.25) is 4.79 Å². The Morgan fingerprint density at radius 2 is 1.65 bits per heavy atom. The van der Waals surface area contributed by atoms with Gasteiger partial charge in [-0.1, -0.05) is 18.2 Å². The van der Waals surface area contributed by atoms with Crippen molar-refractivity contribution in [2.24, 2.45) is 0 Å². The van der Waals surface area contributed by atoms with E-state index in [1.807, 2.05) is 30.6 Å². The summed E-state index contributed by atoms with van der Waals surface area (Å²) in [5.41, 5.74) is 3.72. The summed E-state index contributed by atoms with van der Waals surface area (Å²) in [6.07, 6.45) is 4.82. The lowest BCUT2D eigenvalue weighted by molar-refractivity contribution is -0.130. The van der Waals surface area contributed by atoms with Crippen LogP contribution in [0.4, 0.5) is 4.79 Å². The molecule has 26 heavy (non-hydrogen) atoms. The first-order chi connectivity index (χ1) is 12.3. The predicted octanol–water partition coefficient (Wildman–Crippen LogP) is 2.76. The van der Waals surface area contributed by atoms with E-state index in [-0.39, 0.29) is 17.5 Å². The SMILES string of the molecule is CC(C)(C)NC(=O)N1CCCN(C(=O)Cc2ccc3c(c2)CCC3)CC1. The van der Waals surface area contributed by atoms with Gasteiger partial charge in [0.1, 0.15) is 0 Å². The van der Waals surface area contributed by atoms with E-state index in [1.54, 1.807) is 0 Å². The summed E-state index contributed by atoms with van der Waals surface area (Å²) in [6, 6.07) is 6.46. The van der Waals surface area contributed by atoms with Crippen molar-refractivity contribution in [2.45, 2.75) is 58.4 Å². The van der Waals surface area contributed by atoms with Crippen LogP contribution in [0.15, 0.2) is 18.2 Å². The molecule has 142 valence electrons. The van der Waals surface area contributed by atoms with Crippen molar-refractivity contribution in [3.05, 3.63) is 34.9 Å². The minimum atomic E-state index is -0.244. The Balaban J connectivity index is 1.55. The third kappa shape index (κ3) is 4.77.